The van der Waals surface area contributed by atoms with E-state index >= 15 is 0 Å². The zero-order chi connectivity index (χ0) is 21.7. The van der Waals surface area contributed by atoms with Crippen molar-refractivity contribution in [1.82, 2.24) is 9.88 Å². The van der Waals surface area contributed by atoms with Crippen LogP contribution in [0.15, 0.2) is 47.4 Å². The van der Waals surface area contributed by atoms with Gasteiger partial charge in [-0.25, -0.2) is 0 Å². The Morgan fingerprint density at radius 1 is 1.13 bits per heavy atom. The Kier molecular flexibility index (Phi) is 6.73. The van der Waals surface area contributed by atoms with Gasteiger partial charge in [-0.15, -0.1) is 0 Å². The van der Waals surface area contributed by atoms with Crippen molar-refractivity contribution < 1.29 is 4.79 Å². The minimum Gasteiger partial charge on any atom is -0.338 e. The average Bonchev–Trinajstić information content (AvgIpc) is 2.74. The zero-order valence-electron chi connectivity index (χ0n) is 17.7. The third kappa shape index (κ3) is 4.98. The molecule has 1 amide bonds. The number of pyridine rings is 1. The first-order valence-electron chi connectivity index (χ1n) is 10.6. The Morgan fingerprint density at radius 2 is 1.77 bits per heavy atom. The lowest BCUT2D eigenvalue weighted by Crippen LogP contribution is -2.57. The lowest BCUT2D eigenvalue weighted by molar-refractivity contribution is -0.127. The molecule has 0 saturated heterocycles. The zero-order valence-corrected chi connectivity index (χ0v) is 17.7. The molecule has 6 heteroatoms. The standard InChI is InChI=1S/C24H30N4O2/c1-17(2)28-16-20(10-11-22(28)29)19-8-6-18(7-9-19)14-21(15-25)27-23(30)24(26)12-4-3-5-13-24/h6-11,16-17,21H,3-5,12-14,26H2,1-2H3,(H,27,30)/t21-/m0/s1. The maximum absolute atomic E-state index is 12.6. The number of hydrogen-bond acceptors (Lipinski definition) is 4. The highest BCUT2D eigenvalue weighted by atomic mass is 16.2. The monoisotopic (exact) mass is 406 g/mol. The fourth-order valence-corrected chi connectivity index (χ4v) is 3.99. The molecule has 1 aliphatic rings. The second-order valence-corrected chi connectivity index (χ2v) is 8.53. The second-order valence-electron chi connectivity index (χ2n) is 8.53. The van der Waals surface area contributed by atoms with E-state index in [2.05, 4.69) is 11.4 Å². The molecular weight excluding hydrogens is 376 g/mol. The van der Waals surface area contributed by atoms with Crippen LogP contribution in [0.2, 0.25) is 0 Å². The summed E-state index contributed by atoms with van der Waals surface area (Å²) in [5, 5.41) is 12.4. The number of rotatable bonds is 6. The van der Waals surface area contributed by atoms with Crippen molar-refractivity contribution in [3.63, 3.8) is 0 Å². The molecule has 1 aromatic carbocycles. The van der Waals surface area contributed by atoms with Gasteiger partial charge < -0.3 is 15.6 Å². The Hall–Kier alpha value is -2.91. The number of carbonyl (C=O) groups is 1. The number of nitrogens with zero attached hydrogens (tertiary/aromatic N) is 2. The molecular formula is C24H30N4O2. The summed E-state index contributed by atoms with van der Waals surface area (Å²) in [6.45, 7) is 3.95. The molecule has 158 valence electrons. The fourth-order valence-electron chi connectivity index (χ4n) is 3.99. The van der Waals surface area contributed by atoms with E-state index in [0.717, 1.165) is 36.0 Å². The summed E-state index contributed by atoms with van der Waals surface area (Å²) in [5.74, 6) is -0.221. The van der Waals surface area contributed by atoms with Crippen LogP contribution in [0.4, 0.5) is 0 Å². The minimum absolute atomic E-state index is 0.0198. The molecule has 3 N–H and O–H groups in total. The van der Waals surface area contributed by atoms with Crippen LogP contribution in [0.5, 0.6) is 0 Å². The molecule has 2 aromatic rings. The van der Waals surface area contributed by atoms with E-state index in [-0.39, 0.29) is 17.5 Å². The first-order valence-corrected chi connectivity index (χ1v) is 10.6. The Morgan fingerprint density at radius 3 is 2.37 bits per heavy atom. The van der Waals surface area contributed by atoms with Crippen LogP contribution in [0.25, 0.3) is 11.1 Å². The largest absolute Gasteiger partial charge is 0.338 e. The van der Waals surface area contributed by atoms with Gasteiger partial charge in [0.25, 0.3) is 5.56 Å². The molecule has 1 saturated carbocycles. The fraction of sp³-hybridized carbons (Fsp3) is 0.458. The van der Waals surface area contributed by atoms with Crippen molar-refractivity contribution in [2.75, 3.05) is 0 Å². The van der Waals surface area contributed by atoms with Gasteiger partial charge in [-0.05, 0) is 49.4 Å². The summed E-state index contributed by atoms with van der Waals surface area (Å²) >= 11 is 0. The molecule has 0 radical (unpaired) electrons. The van der Waals surface area contributed by atoms with E-state index in [1.54, 1.807) is 10.6 Å². The molecule has 1 aliphatic carbocycles. The number of carbonyl (C=O) groups excluding carboxylic acids is 1. The Balaban J connectivity index is 1.68. The summed E-state index contributed by atoms with van der Waals surface area (Å²) in [6.07, 6.45) is 6.64. The maximum atomic E-state index is 12.6. The highest BCUT2D eigenvalue weighted by Gasteiger charge is 2.36. The van der Waals surface area contributed by atoms with E-state index in [1.165, 1.54) is 0 Å². The average molecular weight is 407 g/mol. The molecule has 0 spiro atoms. The second kappa shape index (κ2) is 9.27. The normalized spacial score (nSPS) is 16.6. The number of amides is 1. The third-order valence-electron chi connectivity index (χ3n) is 5.88. The molecule has 3 rings (SSSR count). The van der Waals surface area contributed by atoms with E-state index in [9.17, 15) is 14.9 Å². The van der Waals surface area contributed by atoms with Gasteiger partial charge in [0.15, 0.2) is 0 Å². The molecule has 0 unspecified atom stereocenters. The van der Waals surface area contributed by atoms with Crippen LogP contribution in [0, 0.1) is 11.3 Å². The molecule has 1 fully saturated rings. The number of aromatic nitrogens is 1. The van der Waals surface area contributed by atoms with Crippen LogP contribution >= 0.6 is 0 Å². The summed E-state index contributed by atoms with van der Waals surface area (Å²) in [7, 11) is 0. The summed E-state index contributed by atoms with van der Waals surface area (Å²) in [4.78, 5) is 24.6. The van der Waals surface area contributed by atoms with Crippen LogP contribution in [-0.2, 0) is 11.2 Å². The van der Waals surface area contributed by atoms with Crippen LogP contribution < -0.4 is 16.6 Å². The predicted octanol–water partition coefficient (Wildman–Crippen LogP) is 3.31. The van der Waals surface area contributed by atoms with Crippen LogP contribution in [0.3, 0.4) is 0 Å². The summed E-state index contributed by atoms with van der Waals surface area (Å²) in [6, 6.07) is 12.9. The van der Waals surface area contributed by atoms with Crippen molar-refractivity contribution in [2.24, 2.45) is 5.73 Å². The lowest BCUT2D eigenvalue weighted by Gasteiger charge is -2.32. The molecule has 1 atom stereocenters. The van der Waals surface area contributed by atoms with Gasteiger partial charge in [0.05, 0.1) is 11.6 Å². The van der Waals surface area contributed by atoms with Gasteiger partial charge >= 0.3 is 0 Å². The van der Waals surface area contributed by atoms with Crippen molar-refractivity contribution in [3.05, 3.63) is 58.5 Å². The van der Waals surface area contributed by atoms with Gasteiger partial charge in [-0.1, -0.05) is 43.5 Å². The van der Waals surface area contributed by atoms with Crippen molar-refractivity contribution in [3.8, 4) is 17.2 Å². The highest BCUT2D eigenvalue weighted by Crippen LogP contribution is 2.26. The SMILES string of the molecule is CC(C)n1cc(-c2ccc(C[C@@H](C#N)NC(=O)C3(N)CCCCC3)cc2)ccc1=O. The Bertz CT molecular complexity index is 980. The van der Waals surface area contributed by atoms with E-state index in [1.807, 2.05) is 50.4 Å². The van der Waals surface area contributed by atoms with Gasteiger partial charge in [0.1, 0.15) is 6.04 Å². The van der Waals surface area contributed by atoms with Crippen molar-refractivity contribution >= 4 is 5.91 Å². The number of nitrogens with two attached hydrogens (primary N) is 1. The minimum atomic E-state index is -0.850. The molecule has 30 heavy (non-hydrogen) atoms. The molecule has 6 nitrogen and oxygen atoms in total. The Labute approximate surface area is 177 Å². The number of nitriles is 1. The molecule has 0 aliphatic heterocycles. The van der Waals surface area contributed by atoms with E-state index in [0.29, 0.717) is 19.3 Å². The van der Waals surface area contributed by atoms with E-state index < -0.39 is 11.6 Å². The summed E-state index contributed by atoms with van der Waals surface area (Å²) in [5.41, 5.74) is 8.32. The molecule has 1 aromatic heterocycles. The van der Waals surface area contributed by atoms with Crippen LogP contribution in [-0.4, -0.2) is 22.1 Å². The number of nitrogens with one attached hydrogen (secondary N) is 1. The predicted molar refractivity (Wildman–Crippen MR) is 118 cm³/mol. The van der Waals surface area contributed by atoms with Crippen LogP contribution in [0.1, 0.15) is 57.6 Å². The first kappa shape index (κ1) is 21.8. The van der Waals surface area contributed by atoms with Gasteiger partial charge in [0, 0.05) is 24.7 Å². The van der Waals surface area contributed by atoms with E-state index in [4.69, 9.17) is 5.73 Å². The number of hydrogen-bond donors (Lipinski definition) is 2. The van der Waals surface area contributed by atoms with Gasteiger partial charge in [-0.2, -0.15) is 5.26 Å². The lowest BCUT2D eigenvalue weighted by atomic mass is 9.81. The topological polar surface area (TPSA) is 101 Å². The first-order chi connectivity index (χ1) is 14.3. The third-order valence-corrected chi connectivity index (χ3v) is 5.88. The summed E-state index contributed by atoms with van der Waals surface area (Å²) < 4.78 is 1.71. The maximum Gasteiger partial charge on any atom is 0.250 e. The van der Waals surface area contributed by atoms with Crippen molar-refractivity contribution in [1.29, 1.82) is 5.26 Å². The van der Waals surface area contributed by atoms with Gasteiger partial charge in [0.2, 0.25) is 5.91 Å². The van der Waals surface area contributed by atoms with Gasteiger partial charge in [-0.3, -0.25) is 9.59 Å². The molecule has 1 heterocycles. The van der Waals surface area contributed by atoms with Crippen molar-refractivity contribution in [2.45, 2.75) is 70.0 Å². The molecule has 0 bridgehead atoms. The quantitative estimate of drug-likeness (QED) is 0.768. The number of benzene rings is 1. The smallest absolute Gasteiger partial charge is 0.250 e. The highest BCUT2D eigenvalue weighted by molar-refractivity contribution is 5.86.